The Kier molecular flexibility index (Phi) is 4.18. The molecule has 74 valence electrons. The van der Waals surface area contributed by atoms with Crippen LogP contribution in [-0.4, -0.2) is 24.7 Å². The molecule has 0 saturated heterocycles. The lowest BCUT2D eigenvalue weighted by atomic mass is 10.4. The first-order chi connectivity index (χ1) is 6.26. The van der Waals surface area contributed by atoms with Crippen LogP contribution in [0, 0.1) is 0 Å². The van der Waals surface area contributed by atoms with Gasteiger partial charge in [0.05, 0.1) is 5.69 Å². The molecule has 0 aromatic carbocycles. The third-order valence-electron chi connectivity index (χ3n) is 1.69. The number of likely N-dealkylation sites (N-methyl/N-ethyl adjacent to an activating group) is 1. The third kappa shape index (κ3) is 3.32. The van der Waals surface area contributed by atoms with Crippen molar-refractivity contribution in [1.82, 2.24) is 10.3 Å². The molecule has 3 nitrogen and oxygen atoms in total. The first-order valence-electron chi connectivity index (χ1n) is 4.52. The quantitative estimate of drug-likeness (QED) is 0.785. The predicted octanol–water partition coefficient (Wildman–Crippen LogP) is 1.69. The SMILES string of the molecule is CCc1csc(OC(C)CNC)n1. The van der Waals surface area contributed by atoms with Crippen LogP contribution >= 0.6 is 11.3 Å². The second kappa shape index (κ2) is 5.19. The molecule has 0 aliphatic heterocycles. The maximum Gasteiger partial charge on any atom is 0.273 e. The minimum atomic E-state index is 0.181. The van der Waals surface area contributed by atoms with Crippen molar-refractivity contribution in [3.8, 4) is 5.19 Å². The molecule has 13 heavy (non-hydrogen) atoms. The summed E-state index contributed by atoms with van der Waals surface area (Å²) >= 11 is 1.57. The van der Waals surface area contributed by atoms with E-state index in [1.807, 2.05) is 19.4 Å². The maximum atomic E-state index is 5.58. The summed E-state index contributed by atoms with van der Waals surface area (Å²) in [6, 6.07) is 0. The number of thiazole rings is 1. The fourth-order valence-electron chi connectivity index (χ4n) is 1.01. The molecule has 1 N–H and O–H groups in total. The van der Waals surface area contributed by atoms with Gasteiger partial charge in [0.25, 0.3) is 5.19 Å². The van der Waals surface area contributed by atoms with Gasteiger partial charge in [-0.2, -0.15) is 0 Å². The molecule has 0 aliphatic carbocycles. The number of nitrogens with one attached hydrogen (secondary N) is 1. The molecule has 1 atom stereocenters. The number of rotatable bonds is 5. The Balaban J connectivity index is 2.44. The van der Waals surface area contributed by atoms with Crippen LogP contribution in [-0.2, 0) is 6.42 Å². The van der Waals surface area contributed by atoms with Crippen LogP contribution in [0.3, 0.4) is 0 Å². The van der Waals surface area contributed by atoms with Gasteiger partial charge in [-0.15, -0.1) is 0 Å². The lowest BCUT2D eigenvalue weighted by Crippen LogP contribution is -2.25. The molecule has 1 rings (SSSR count). The standard InChI is InChI=1S/C9H16N2OS/c1-4-8-6-13-9(11-8)12-7(2)5-10-3/h6-7,10H,4-5H2,1-3H3. The third-order valence-corrected chi connectivity index (χ3v) is 2.47. The highest BCUT2D eigenvalue weighted by Gasteiger charge is 2.05. The summed E-state index contributed by atoms with van der Waals surface area (Å²) in [5.74, 6) is 0. The fraction of sp³-hybridized carbons (Fsp3) is 0.667. The Bertz CT molecular complexity index is 250. The van der Waals surface area contributed by atoms with Gasteiger partial charge in [-0.3, -0.25) is 0 Å². The number of aromatic nitrogens is 1. The summed E-state index contributed by atoms with van der Waals surface area (Å²) < 4.78 is 5.58. The predicted molar refractivity (Wildman–Crippen MR) is 55.5 cm³/mol. The largest absolute Gasteiger partial charge is 0.466 e. The van der Waals surface area contributed by atoms with Gasteiger partial charge in [-0.25, -0.2) is 4.98 Å². The van der Waals surface area contributed by atoms with Crippen LogP contribution in [0.5, 0.6) is 5.19 Å². The normalized spacial score (nSPS) is 12.8. The average molecular weight is 200 g/mol. The highest BCUT2D eigenvalue weighted by atomic mass is 32.1. The van der Waals surface area contributed by atoms with E-state index < -0.39 is 0 Å². The minimum Gasteiger partial charge on any atom is -0.466 e. The Hall–Kier alpha value is -0.610. The summed E-state index contributed by atoms with van der Waals surface area (Å²) in [6.07, 6.45) is 1.15. The van der Waals surface area contributed by atoms with E-state index in [-0.39, 0.29) is 6.10 Å². The lowest BCUT2D eigenvalue weighted by molar-refractivity contribution is 0.219. The van der Waals surface area contributed by atoms with Crippen LogP contribution in [0.15, 0.2) is 5.38 Å². The summed E-state index contributed by atoms with van der Waals surface area (Å²) in [6.45, 7) is 4.97. The number of ether oxygens (including phenoxy) is 1. The first kappa shape index (κ1) is 10.5. The van der Waals surface area contributed by atoms with Crippen LogP contribution in [0.4, 0.5) is 0 Å². The Morgan fingerprint density at radius 3 is 3.00 bits per heavy atom. The molecule has 4 heteroatoms. The molecule has 0 saturated carbocycles. The Labute approximate surface area is 83.1 Å². The van der Waals surface area contributed by atoms with E-state index in [9.17, 15) is 0 Å². The summed E-state index contributed by atoms with van der Waals surface area (Å²) in [5.41, 5.74) is 1.11. The number of nitrogens with zero attached hydrogens (tertiary/aromatic N) is 1. The molecule has 0 radical (unpaired) electrons. The van der Waals surface area contributed by atoms with E-state index in [0.29, 0.717) is 0 Å². The Morgan fingerprint density at radius 2 is 2.46 bits per heavy atom. The molecule has 1 heterocycles. The van der Waals surface area contributed by atoms with E-state index in [2.05, 4.69) is 17.2 Å². The van der Waals surface area contributed by atoms with Gasteiger partial charge < -0.3 is 10.1 Å². The molecule has 1 aromatic heterocycles. The number of hydrogen-bond acceptors (Lipinski definition) is 4. The van der Waals surface area contributed by atoms with Crippen LogP contribution in [0.2, 0.25) is 0 Å². The minimum absolute atomic E-state index is 0.181. The van der Waals surface area contributed by atoms with Gasteiger partial charge in [0.1, 0.15) is 6.10 Å². The molecular weight excluding hydrogens is 184 g/mol. The van der Waals surface area contributed by atoms with Crippen molar-refractivity contribution in [1.29, 1.82) is 0 Å². The second-order valence-electron chi connectivity index (χ2n) is 2.94. The number of aryl methyl sites for hydroxylation is 1. The van der Waals surface area contributed by atoms with E-state index in [4.69, 9.17) is 4.74 Å². The zero-order valence-electron chi connectivity index (χ0n) is 8.33. The molecule has 0 aliphatic rings. The van der Waals surface area contributed by atoms with Crippen molar-refractivity contribution in [3.63, 3.8) is 0 Å². The van der Waals surface area contributed by atoms with Gasteiger partial charge in [0.2, 0.25) is 0 Å². The molecule has 0 bridgehead atoms. The Morgan fingerprint density at radius 1 is 1.69 bits per heavy atom. The monoisotopic (exact) mass is 200 g/mol. The summed E-state index contributed by atoms with van der Waals surface area (Å²) in [5, 5.41) is 5.88. The molecular formula is C9H16N2OS. The topological polar surface area (TPSA) is 34.1 Å². The highest BCUT2D eigenvalue weighted by molar-refractivity contribution is 7.11. The molecule has 1 aromatic rings. The van der Waals surface area contributed by atoms with Gasteiger partial charge in [0.15, 0.2) is 0 Å². The van der Waals surface area contributed by atoms with Crippen molar-refractivity contribution in [2.24, 2.45) is 0 Å². The molecule has 0 spiro atoms. The zero-order chi connectivity index (χ0) is 9.68. The lowest BCUT2D eigenvalue weighted by Gasteiger charge is -2.10. The van der Waals surface area contributed by atoms with Gasteiger partial charge in [-0.05, 0) is 20.4 Å². The van der Waals surface area contributed by atoms with Crippen molar-refractivity contribution in [2.75, 3.05) is 13.6 Å². The molecule has 0 fully saturated rings. The molecule has 1 unspecified atom stereocenters. The van der Waals surface area contributed by atoms with Crippen molar-refractivity contribution in [2.45, 2.75) is 26.4 Å². The summed E-state index contributed by atoms with van der Waals surface area (Å²) in [4.78, 5) is 4.32. The van der Waals surface area contributed by atoms with Crippen molar-refractivity contribution >= 4 is 11.3 Å². The average Bonchev–Trinajstić information content (AvgIpc) is 2.52. The van der Waals surface area contributed by atoms with Gasteiger partial charge >= 0.3 is 0 Å². The van der Waals surface area contributed by atoms with Crippen LogP contribution < -0.4 is 10.1 Å². The van der Waals surface area contributed by atoms with Crippen molar-refractivity contribution < 1.29 is 4.74 Å². The maximum absolute atomic E-state index is 5.58. The van der Waals surface area contributed by atoms with Crippen LogP contribution in [0.25, 0.3) is 0 Å². The van der Waals surface area contributed by atoms with Crippen LogP contribution in [0.1, 0.15) is 19.5 Å². The summed E-state index contributed by atoms with van der Waals surface area (Å²) in [7, 11) is 1.92. The second-order valence-corrected chi connectivity index (χ2v) is 3.77. The van der Waals surface area contributed by atoms with E-state index in [1.165, 1.54) is 0 Å². The van der Waals surface area contributed by atoms with E-state index >= 15 is 0 Å². The van der Waals surface area contributed by atoms with Gasteiger partial charge in [-0.1, -0.05) is 18.3 Å². The fourth-order valence-corrected chi connectivity index (χ4v) is 1.85. The zero-order valence-corrected chi connectivity index (χ0v) is 9.15. The smallest absolute Gasteiger partial charge is 0.273 e. The molecule has 0 amide bonds. The first-order valence-corrected chi connectivity index (χ1v) is 5.40. The van der Waals surface area contributed by atoms with E-state index in [0.717, 1.165) is 23.9 Å². The highest BCUT2D eigenvalue weighted by Crippen LogP contribution is 2.19. The van der Waals surface area contributed by atoms with Crippen molar-refractivity contribution in [3.05, 3.63) is 11.1 Å². The van der Waals surface area contributed by atoms with E-state index in [1.54, 1.807) is 11.3 Å². The van der Waals surface area contributed by atoms with Gasteiger partial charge in [0, 0.05) is 11.9 Å². The number of hydrogen-bond donors (Lipinski definition) is 1.